The first-order chi connectivity index (χ1) is 12.5. The first-order valence-corrected chi connectivity index (χ1v) is 9.01. The number of methoxy groups -OCH3 is 1. The second kappa shape index (κ2) is 6.76. The Morgan fingerprint density at radius 3 is 2.77 bits per heavy atom. The maximum Gasteiger partial charge on any atom is 0.229 e. The van der Waals surface area contributed by atoms with Gasteiger partial charge in [-0.3, -0.25) is 4.79 Å². The third-order valence-electron chi connectivity index (χ3n) is 4.97. The molecule has 1 saturated heterocycles. The van der Waals surface area contributed by atoms with Gasteiger partial charge in [-0.2, -0.15) is 4.98 Å². The second-order valence-corrected chi connectivity index (χ2v) is 7.27. The van der Waals surface area contributed by atoms with Crippen LogP contribution in [0.4, 0.5) is 5.95 Å². The van der Waals surface area contributed by atoms with Crippen LogP contribution in [0.25, 0.3) is 0 Å². The van der Waals surface area contributed by atoms with Crippen LogP contribution < -0.4 is 14.4 Å². The van der Waals surface area contributed by atoms with Crippen LogP contribution in [0.3, 0.4) is 0 Å². The number of carbonyl (C=O) groups is 1. The van der Waals surface area contributed by atoms with E-state index in [2.05, 4.69) is 14.9 Å². The molecule has 0 bridgehead atoms. The molecule has 0 N–H and O–H groups in total. The Kier molecular flexibility index (Phi) is 4.44. The molecular weight excluding hydrogens is 354 g/mol. The number of rotatable bonds is 6. The standard InChI is InChI=1S/C19H20ClN3O3/c1-11(24)15-7-21-19(23-8-13-6-14(13)9-23)22-18(15)26-10-12-3-4-17(25-2)16(20)5-12/h3-5,7,13-14H,6,8-10H2,1-2H3. The van der Waals surface area contributed by atoms with Crippen LogP contribution in [0, 0.1) is 11.8 Å². The summed E-state index contributed by atoms with van der Waals surface area (Å²) in [5, 5.41) is 0.514. The van der Waals surface area contributed by atoms with E-state index in [4.69, 9.17) is 21.1 Å². The number of ether oxygens (including phenoxy) is 2. The number of fused-ring (bicyclic) bond motifs is 1. The number of hydrogen-bond acceptors (Lipinski definition) is 6. The fourth-order valence-electron chi connectivity index (χ4n) is 3.37. The number of ketones is 1. The van der Waals surface area contributed by atoms with Crippen LogP contribution in [0.15, 0.2) is 24.4 Å². The Morgan fingerprint density at radius 2 is 2.12 bits per heavy atom. The summed E-state index contributed by atoms with van der Waals surface area (Å²) in [6, 6.07) is 5.44. The van der Waals surface area contributed by atoms with Crippen LogP contribution in [0.2, 0.25) is 5.02 Å². The molecule has 2 fully saturated rings. The summed E-state index contributed by atoms with van der Waals surface area (Å²) in [4.78, 5) is 22.9. The van der Waals surface area contributed by atoms with E-state index in [9.17, 15) is 4.79 Å². The molecule has 1 saturated carbocycles. The van der Waals surface area contributed by atoms with Crippen molar-refractivity contribution in [3.63, 3.8) is 0 Å². The largest absolute Gasteiger partial charge is 0.495 e. The van der Waals surface area contributed by atoms with Gasteiger partial charge in [-0.1, -0.05) is 17.7 Å². The summed E-state index contributed by atoms with van der Waals surface area (Å²) in [7, 11) is 1.57. The topological polar surface area (TPSA) is 64.6 Å². The van der Waals surface area contributed by atoms with Crippen molar-refractivity contribution in [3.05, 3.63) is 40.5 Å². The molecule has 0 amide bonds. The monoisotopic (exact) mass is 373 g/mol. The van der Waals surface area contributed by atoms with Gasteiger partial charge in [0.15, 0.2) is 5.78 Å². The second-order valence-electron chi connectivity index (χ2n) is 6.86. The highest BCUT2D eigenvalue weighted by atomic mass is 35.5. The lowest BCUT2D eigenvalue weighted by Gasteiger charge is -2.19. The fourth-order valence-corrected chi connectivity index (χ4v) is 3.65. The van der Waals surface area contributed by atoms with Gasteiger partial charge in [0.25, 0.3) is 0 Å². The average molecular weight is 374 g/mol. The predicted octanol–water partition coefficient (Wildman–Crippen LogP) is 3.38. The Balaban J connectivity index is 1.53. The third-order valence-corrected chi connectivity index (χ3v) is 5.27. The van der Waals surface area contributed by atoms with Crippen molar-refractivity contribution in [2.45, 2.75) is 20.0 Å². The number of nitrogens with zero attached hydrogens (tertiary/aromatic N) is 3. The van der Waals surface area contributed by atoms with Crippen molar-refractivity contribution in [1.82, 2.24) is 9.97 Å². The Bertz CT molecular complexity index is 848. The van der Waals surface area contributed by atoms with E-state index in [1.165, 1.54) is 13.3 Å². The zero-order chi connectivity index (χ0) is 18.3. The molecule has 2 atom stereocenters. The number of piperidine rings is 1. The van der Waals surface area contributed by atoms with Gasteiger partial charge in [0.2, 0.25) is 11.8 Å². The Labute approximate surface area is 157 Å². The van der Waals surface area contributed by atoms with E-state index < -0.39 is 0 Å². The fraction of sp³-hybridized carbons (Fsp3) is 0.421. The number of hydrogen-bond donors (Lipinski definition) is 0. The maximum atomic E-state index is 11.9. The zero-order valence-corrected chi connectivity index (χ0v) is 15.5. The third kappa shape index (κ3) is 3.33. The van der Waals surface area contributed by atoms with Crippen molar-refractivity contribution in [1.29, 1.82) is 0 Å². The van der Waals surface area contributed by atoms with Gasteiger partial charge in [0.1, 0.15) is 12.4 Å². The first kappa shape index (κ1) is 17.1. The molecule has 6 nitrogen and oxygen atoms in total. The Morgan fingerprint density at radius 1 is 1.35 bits per heavy atom. The van der Waals surface area contributed by atoms with E-state index in [1.807, 2.05) is 6.07 Å². The van der Waals surface area contributed by atoms with Crippen LogP contribution in [0.1, 0.15) is 29.3 Å². The minimum Gasteiger partial charge on any atom is -0.495 e. The Hall–Kier alpha value is -2.34. The lowest BCUT2D eigenvalue weighted by Crippen LogP contribution is -2.24. The maximum absolute atomic E-state index is 11.9. The van der Waals surface area contributed by atoms with Gasteiger partial charge >= 0.3 is 0 Å². The van der Waals surface area contributed by atoms with Crippen molar-refractivity contribution in [2.75, 3.05) is 25.1 Å². The number of aromatic nitrogens is 2. The van der Waals surface area contributed by atoms with E-state index in [0.717, 1.165) is 30.5 Å². The minimum absolute atomic E-state index is 0.122. The zero-order valence-electron chi connectivity index (χ0n) is 14.7. The molecule has 136 valence electrons. The normalized spacial score (nSPS) is 20.7. The average Bonchev–Trinajstić information content (AvgIpc) is 3.25. The quantitative estimate of drug-likeness (QED) is 0.723. The van der Waals surface area contributed by atoms with Gasteiger partial charge in [0, 0.05) is 19.3 Å². The molecule has 0 spiro atoms. The smallest absolute Gasteiger partial charge is 0.229 e. The molecule has 1 aliphatic heterocycles. The highest BCUT2D eigenvalue weighted by Crippen LogP contribution is 2.45. The van der Waals surface area contributed by atoms with Crippen LogP contribution in [-0.4, -0.2) is 36.0 Å². The van der Waals surface area contributed by atoms with Crippen LogP contribution in [0.5, 0.6) is 11.6 Å². The van der Waals surface area contributed by atoms with Gasteiger partial charge in [-0.25, -0.2) is 4.98 Å². The number of anilines is 1. The van der Waals surface area contributed by atoms with E-state index in [1.54, 1.807) is 25.4 Å². The molecule has 1 aliphatic carbocycles. The molecule has 1 aromatic carbocycles. The minimum atomic E-state index is -0.122. The van der Waals surface area contributed by atoms with Gasteiger partial charge < -0.3 is 14.4 Å². The van der Waals surface area contributed by atoms with E-state index in [-0.39, 0.29) is 12.4 Å². The summed E-state index contributed by atoms with van der Waals surface area (Å²) >= 11 is 6.16. The van der Waals surface area contributed by atoms with Crippen LogP contribution in [-0.2, 0) is 6.61 Å². The molecule has 26 heavy (non-hydrogen) atoms. The molecule has 2 aliphatic rings. The number of Topliss-reactive ketones (excluding diaryl/α,β-unsaturated/α-hetero) is 1. The van der Waals surface area contributed by atoms with Gasteiger partial charge in [0.05, 0.1) is 17.7 Å². The lowest BCUT2D eigenvalue weighted by molar-refractivity contribution is 0.101. The summed E-state index contributed by atoms with van der Waals surface area (Å²) in [6.07, 6.45) is 2.87. The molecule has 2 aromatic rings. The SMILES string of the molecule is COc1ccc(COc2nc(N3CC4CC4C3)ncc2C(C)=O)cc1Cl. The number of benzene rings is 1. The number of halogens is 1. The lowest BCUT2D eigenvalue weighted by atomic mass is 10.2. The van der Waals surface area contributed by atoms with Crippen molar-refractivity contribution < 1.29 is 14.3 Å². The summed E-state index contributed by atoms with van der Waals surface area (Å²) in [6.45, 7) is 3.71. The summed E-state index contributed by atoms with van der Waals surface area (Å²) in [5.41, 5.74) is 1.26. The molecule has 1 aromatic heterocycles. The summed E-state index contributed by atoms with van der Waals surface area (Å²) < 4.78 is 11.0. The molecular formula is C19H20ClN3O3. The molecule has 4 rings (SSSR count). The van der Waals surface area contributed by atoms with E-state index in [0.29, 0.717) is 28.2 Å². The van der Waals surface area contributed by atoms with Crippen LogP contribution >= 0.6 is 11.6 Å². The van der Waals surface area contributed by atoms with Crippen molar-refractivity contribution >= 4 is 23.3 Å². The van der Waals surface area contributed by atoms with Gasteiger partial charge in [-0.05, 0) is 42.9 Å². The molecule has 2 unspecified atom stereocenters. The number of carbonyl (C=O) groups excluding carboxylic acids is 1. The first-order valence-electron chi connectivity index (χ1n) is 8.63. The highest BCUT2D eigenvalue weighted by molar-refractivity contribution is 6.32. The summed E-state index contributed by atoms with van der Waals surface area (Å²) in [5.74, 6) is 2.98. The van der Waals surface area contributed by atoms with E-state index >= 15 is 0 Å². The van der Waals surface area contributed by atoms with Gasteiger partial charge in [-0.15, -0.1) is 0 Å². The molecule has 2 heterocycles. The van der Waals surface area contributed by atoms with Crippen molar-refractivity contribution in [2.24, 2.45) is 11.8 Å². The molecule has 0 radical (unpaired) electrons. The highest BCUT2D eigenvalue weighted by Gasteiger charge is 2.45. The predicted molar refractivity (Wildman–Crippen MR) is 98.2 cm³/mol. The van der Waals surface area contributed by atoms with Crippen molar-refractivity contribution in [3.8, 4) is 11.6 Å². The molecule has 7 heteroatoms.